The van der Waals surface area contributed by atoms with Gasteiger partial charge in [-0.05, 0) is 19.8 Å². The average Bonchev–Trinajstić information content (AvgIpc) is 3.14. The third-order valence-electron chi connectivity index (χ3n) is 3.66. The minimum absolute atomic E-state index is 0.0606. The molecule has 20 heavy (non-hydrogen) atoms. The van der Waals surface area contributed by atoms with Gasteiger partial charge in [-0.3, -0.25) is 4.79 Å². The lowest BCUT2D eigenvalue weighted by atomic mass is 9.97. The number of ether oxygens (including phenoxy) is 2. The van der Waals surface area contributed by atoms with Gasteiger partial charge in [0.1, 0.15) is 5.78 Å². The summed E-state index contributed by atoms with van der Waals surface area (Å²) in [6.45, 7) is 1.87. The number of nitrogens with zero attached hydrogens (tertiary/aromatic N) is 1. The molecule has 1 unspecified atom stereocenters. The van der Waals surface area contributed by atoms with Crippen LogP contribution in [0.4, 0.5) is 0 Å². The Morgan fingerprint density at radius 2 is 2.30 bits per heavy atom. The van der Waals surface area contributed by atoms with E-state index in [0.29, 0.717) is 18.8 Å². The number of hydrogen-bond donors (Lipinski definition) is 0. The Labute approximate surface area is 127 Å². The molecule has 1 aromatic heterocycles. The fourth-order valence-corrected chi connectivity index (χ4v) is 3.73. The van der Waals surface area contributed by atoms with Crippen LogP contribution in [-0.4, -0.2) is 29.2 Å². The smallest absolute Gasteiger partial charge is 0.164 e. The van der Waals surface area contributed by atoms with Crippen LogP contribution in [0.2, 0.25) is 0 Å². The van der Waals surface area contributed by atoms with Crippen molar-refractivity contribution in [2.24, 2.45) is 0 Å². The first-order valence-electron chi connectivity index (χ1n) is 7.00. The third-order valence-corrected chi connectivity index (χ3v) is 5.28. The molecule has 1 saturated heterocycles. The van der Waals surface area contributed by atoms with Crippen LogP contribution in [0.25, 0.3) is 0 Å². The second-order valence-electron chi connectivity index (χ2n) is 5.45. The maximum absolute atomic E-state index is 11.7. The molecule has 2 heterocycles. The van der Waals surface area contributed by atoms with Gasteiger partial charge in [0.05, 0.1) is 10.9 Å². The molecule has 4 nitrogen and oxygen atoms in total. The maximum Gasteiger partial charge on any atom is 0.164 e. The van der Waals surface area contributed by atoms with Crippen molar-refractivity contribution in [1.29, 1.82) is 0 Å². The number of aromatic nitrogens is 1. The number of rotatable bonds is 7. The van der Waals surface area contributed by atoms with Crippen molar-refractivity contribution in [1.82, 2.24) is 4.98 Å². The number of hydrogen-bond acceptors (Lipinski definition) is 5. The maximum atomic E-state index is 11.7. The second kappa shape index (κ2) is 6.10. The fourth-order valence-electron chi connectivity index (χ4n) is 2.42. The summed E-state index contributed by atoms with van der Waals surface area (Å²) in [5, 5.41) is 1.20. The normalized spacial score (nSPS) is 27.1. The second-order valence-corrected chi connectivity index (χ2v) is 6.81. The fraction of sp³-hybridized carbons (Fsp3) is 0.714. The SMILES string of the molecule is CC1OC(CC(CC(=O)CCl)c2cnc(C3CC3)s2)O1. The molecule has 1 aromatic rings. The van der Waals surface area contributed by atoms with E-state index in [1.807, 2.05) is 13.1 Å². The van der Waals surface area contributed by atoms with Crippen molar-refractivity contribution in [3.63, 3.8) is 0 Å². The lowest BCUT2D eigenvalue weighted by Crippen LogP contribution is -2.39. The lowest BCUT2D eigenvalue weighted by molar-refractivity contribution is -0.378. The Morgan fingerprint density at radius 1 is 1.55 bits per heavy atom. The largest absolute Gasteiger partial charge is 0.324 e. The summed E-state index contributed by atoms with van der Waals surface area (Å²) in [7, 11) is 0. The minimum Gasteiger partial charge on any atom is -0.324 e. The molecule has 0 radical (unpaired) electrons. The Morgan fingerprint density at radius 3 is 2.90 bits per heavy atom. The molecule has 1 saturated carbocycles. The highest BCUT2D eigenvalue weighted by molar-refractivity contribution is 7.11. The first-order valence-corrected chi connectivity index (χ1v) is 8.35. The zero-order chi connectivity index (χ0) is 14.1. The van der Waals surface area contributed by atoms with E-state index in [-0.39, 0.29) is 30.2 Å². The van der Waals surface area contributed by atoms with Gasteiger partial charge in [-0.25, -0.2) is 4.98 Å². The van der Waals surface area contributed by atoms with Gasteiger partial charge in [-0.15, -0.1) is 22.9 Å². The van der Waals surface area contributed by atoms with Crippen molar-refractivity contribution >= 4 is 28.7 Å². The number of ketones is 1. The third kappa shape index (κ3) is 3.39. The monoisotopic (exact) mass is 315 g/mol. The molecule has 2 aliphatic rings. The summed E-state index contributed by atoms with van der Waals surface area (Å²) < 4.78 is 11.0. The molecule has 3 rings (SSSR count). The average molecular weight is 316 g/mol. The van der Waals surface area contributed by atoms with Crippen molar-refractivity contribution in [2.75, 3.05) is 5.88 Å². The van der Waals surface area contributed by atoms with Crippen LogP contribution in [0.5, 0.6) is 0 Å². The lowest BCUT2D eigenvalue weighted by Gasteiger charge is -2.35. The Balaban J connectivity index is 1.67. The Kier molecular flexibility index (Phi) is 4.40. The van der Waals surface area contributed by atoms with Crippen LogP contribution in [0.1, 0.15) is 54.3 Å². The number of halogens is 1. The van der Waals surface area contributed by atoms with Crippen LogP contribution < -0.4 is 0 Å². The molecular formula is C14H18ClNO3S. The molecule has 1 aliphatic carbocycles. The summed E-state index contributed by atoms with van der Waals surface area (Å²) >= 11 is 7.36. The predicted molar refractivity (Wildman–Crippen MR) is 77.2 cm³/mol. The summed E-state index contributed by atoms with van der Waals surface area (Å²) in [5.74, 6) is 0.872. The zero-order valence-electron chi connectivity index (χ0n) is 11.4. The van der Waals surface area contributed by atoms with E-state index in [4.69, 9.17) is 21.1 Å². The van der Waals surface area contributed by atoms with Gasteiger partial charge >= 0.3 is 0 Å². The molecular weight excluding hydrogens is 298 g/mol. The van der Waals surface area contributed by atoms with E-state index < -0.39 is 0 Å². The van der Waals surface area contributed by atoms with Crippen LogP contribution in [-0.2, 0) is 14.3 Å². The molecule has 1 atom stereocenters. The number of Topliss-reactive ketones (excluding diaryl/α,β-unsaturated/α-hetero) is 1. The van der Waals surface area contributed by atoms with Gasteiger partial charge < -0.3 is 9.47 Å². The van der Waals surface area contributed by atoms with Crippen molar-refractivity contribution in [2.45, 2.75) is 57.0 Å². The predicted octanol–water partition coefficient (Wildman–Crippen LogP) is 3.41. The molecule has 0 bridgehead atoms. The van der Waals surface area contributed by atoms with Crippen LogP contribution in [0.3, 0.4) is 0 Å². The highest BCUT2D eigenvalue weighted by Crippen LogP contribution is 2.44. The molecule has 0 amide bonds. The van der Waals surface area contributed by atoms with E-state index in [0.717, 1.165) is 4.88 Å². The van der Waals surface area contributed by atoms with Gasteiger partial charge in [0.2, 0.25) is 0 Å². The van der Waals surface area contributed by atoms with Crippen molar-refractivity contribution < 1.29 is 14.3 Å². The first-order chi connectivity index (χ1) is 9.65. The number of carbonyl (C=O) groups excluding carboxylic acids is 1. The molecule has 2 fully saturated rings. The zero-order valence-corrected chi connectivity index (χ0v) is 13.0. The molecule has 0 aromatic carbocycles. The van der Waals surface area contributed by atoms with Crippen molar-refractivity contribution in [3.05, 3.63) is 16.1 Å². The van der Waals surface area contributed by atoms with Crippen LogP contribution in [0, 0.1) is 0 Å². The van der Waals surface area contributed by atoms with E-state index in [9.17, 15) is 4.79 Å². The van der Waals surface area contributed by atoms with E-state index in [2.05, 4.69) is 4.98 Å². The van der Waals surface area contributed by atoms with Gasteiger partial charge in [-0.2, -0.15) is 0 Å². The summed E-state index contributed by atoms with van der Waals surface area (Å²) in [5.41, 5.74) is 0. The van der Waals surface area contributed by atoms with Gasteiger partial charge in [0.15, 0.2) is 12.6 Å². The van der Waals surface area contributed by atoms with Gasteiger partial charge in [0.25, 0.3) is 0 Å². The number of alkyl halides is 1. The van der Waals surface area contributed by atoms with Gasteiger partial charge in [0, 0.05) is 35.8 Å². The van der Waals surface area contributed by atoms with Crippen LogP contribution in [0.15, 0.2) is 6.20 Å². The van der Waals surface area contributed by atoms with Gasteiger partial charge in [-0.1, -0.05) is 0 Å². The van der Waals surface area contributed by atoms with E-state index >= 15 is 0 Å². The number of thiazole rings is 1. The first kappa shape index (κ1) is 14.4. The molecule has 110 valence electrons. The van der Waals surface area contributed by atoms with E-state index in [1.54, 1.807) is 11.3 Å². The highest BCUT2D eigenvalue weighted by Gasteiger charge is 2.33. The number of carbonyl (C=O) groups is 1. The molecule has 6 heteroatoms. The summed E-state index contributed by atoms with van der Waals surface area (Å²) in [6.07, 6.45) is 5.19. The summed E-state index contributed by atoms with van der Waals surface area (Å²) in [4.78, 5) is 17.3. The standard InChI is InChI=1S/C14H18ClNO3S/c1-8-18-13(19-8)5-10(4-11(17)6-15)12-7-16-14(20-12)9-2-3-9/h7-10,13H,2-6H2,1H3. The molecule has 0 N–H and O–H groups in total. The Bertz CT molecular complexity index is 483. The molecule has 1 aliphatic heterocycles. The molecule has 0 spiro atoms. The topological polar surface area (TPSA) is 48.4 Å². The quantitative estimate of drug-likeness (QED) is 0.723. The minimum atomic E-state index is -0.204. The van der Waals surface area contributed by atoms with Crippen molar-refractivity contribution in [3.8, 4) is 0 Å². The summed E-state index contributed by atoms with van der Waals surface area (Å²) in [6, 6.07) is 0. The van der Waals surface area contributed by atoms with Crippen LogP contribution >= 0.6 is 22.9 Å². The van der Waals surface area contributed by atoms with E-state index in [1.165, 1.54) is 17.8 Å². The Hall–Kier alpha value is -0.490. The highest BCUT2D eigenvalue weighted by atomic mass is 35.5.